The third kappa shape index (κ3) is 5.64. The third-order valence-corrected chi connectivity index (χ3v) is 3.28. The Morgan fingerprint density at radius 1 is 1.41 bits per heavy atom. The number of hydrogen-bond acceptors (Lipinski definition) is 3. The normalized spacial score (nSPS) is 10.6. The van der Waals surface area contributed by atoms with Crippen LogP contribution in [0.3, 0.4) is 0 Å². The van der Waals surface area contributed by atoms with Crippen molar-refractivity contribution in [3.05, 3.63) is 42.5 Å². The van der Waals surface area contributed by atoms with Gasteiger partial charge in [-0.1, -0.05) is 32.1 Å². The Kier molecular flexibility index (Phi) is 7.83. The number of carbonyl (C=O) groups is 1. The molecule has 1 rings (SSSR count). The minimum Gasteiger partial charge on any atom is -0.487 e. The first kappa shape index (κ1) is 17.8. The second-order valence-electron chi connectivity index (χ2n) is 5.00. The number of nitrogen functional groups attached to an aromatic ring is 1. The van der Waals surface area contributed by atoms with Gasteiger partial charge >= 0.3 is 0 Å². The maximum absolute atomic E-state index is 12.1. The standard InChI is InChI=1S/C18H26N2O2/c1-4-7-12-20(6-3)18(21)11-9-15-8-10-17(16(19)14-15)22-13-5-2/h5,8-11,14H,2,4,6-7,12-13,19H2,1,3H3/b11-9-. The molecule has 0 bridgehead atoms. The minimum atomic E-state index is 0.0292. The van der Waals surface area contributed by atoms with Crippen molar-refractivity contribution in [1.29, 1.82) is 0 Å². The summed E-state index contributed by atoms with van der Waals surface area (Å²) in [6.07, 6.45) is 7.15. The van der Waals surface area contributed by atoms with Crippen LogP contribution in [0, 0.1) is 0 Å². The van der Waals surface area contributed by atoms with Gasteiger partial charge in [-0.3, -0.25) is 4.79 Å². The molecule has 0 aliphatic heterocycles. The van der Waals surface area contributed by atoms with Gasteiger partial charge in [-0.25, -0.2) is 0 Å². The van der Waals surface area contributed by atoms with Gasteiger partial charge in [0.1, 0.15) is 12.4 Å². The Bertz CT molecular complexity index is 524. The summed E-state index contributed by atoms with van der Waals surface area (Å²) in [4.78, 5) is 14.0. The fraction of sp³-hybridized carbons (Fsp3) is 0.389. The summed E-state index contributed by atoms with van der Waals surface area (Å²) in [6.45, 7) is 9.65. The van der Waals surface area contributed by atoms with Crippen LogP contribution >= 0.6 is 0 Å². The van der Waals surface area contributed by atoms with Crippen molar-refractivity contribution in [3.8, 4) is 5.75 Å². The molecule has 0 aromatic heterocycles. The SMILES string of the molecule is C=CCOc1ccc(/C=C\C(=O)N(CC)CCCC)cc1N. The molecule has 0 saturated heterocycles. The third-order valence-electron chi connectivity index (χ3n) is 3.28. The number of amides is 1. The number of carbonyl (C=O) groups excluding carboxylic acids is 1. The lowest BCUT2D eigenvalue weighted by Gasteiger charge is -2.18. The Morgan fingerprint density at radius 3 is 2.77 bits per heavy atom. The topological polar surface area (TPSA) is 55.6 Å². The van der Waals surface area contributed by atoms with Gasteiger partial charge in [0.15, 0.2) is 0 Å². The van der Waals surface area contributed by atoms with Gasteiger partial charge in [-0.15, -0.1) is 0 Å². The summed E-state index contributed by atoms with van der Waals surface area (Å²) in [5.74, 6) is 0.656. The predicted molar refractivity (Wildman–Crippen MR) is 92.7 cm³/mol. The summed E-state index contributed by atoms with van der Waals surface area (Å²) in [6, 6.07) is 5.48. The zero-order chi connectivity index (χ0) is 16.4. The molecule has 4 nitrogen and oxygen atoms in total. The number of rotatable bonds is 9. The van der Waals surface area contributed by atoms with Gasteiger partial charge in [0.2, 0.25) is 5.91 Å². The van der Waals surface area contributed by atoms with E-state index in [1.165, 1.54) is 0 Å². The van der Waals surface area contributed by atoms with Crippen LogP contribution in [0.15, 0.2) is 36.9 Å². The average molecular weight is 302 g/mol. The van der Waals surface area contributed by atoms with E-state index in [1.54, 1.807) is 30.4 Å². The summed E-state index contributed by atoms with van der Waals surface area (Å²) >= 11 is 0. The van der Waals surface area contributed by atoms with Crippen molar-refractivity contribution in [2.24, 2.45) is 0 Å². The predicted octanol–water partition coefficient (Wildman–Crippen LogP) is 3.50. The van der Waals surface area contributed by atoms with E-state index in [2.05, 4.69) is 13.5 Å². The van der Waals surface area contributed by atoms with Crippen LogP contribution < -0.4 is 10.5 Å². The van der Waals surface area contributed by atoms with E-state index in [1.807, 2.05) is 17.9 Å². The molecule has 120 valence electrons. The highest BCUT2D eigenvalue weighted by atomic mass is 16.5. The molecule has 1 aromatic carbocycles. The first-order valence-electron chi connectivity index (χ1n) is 7.72. The van der Waals surface area contributed by atoms with Crippen LogP contribution in [0.1, 0.15) is 32.3 Å². The molecule has 0 radical (unpaired) electrons. The molecule has 0 fully saturated rings. The van der Waals surface area contributed by atoms with Crippen molar-refractivity contribution in [3.63, 3.8) is 0 Å². The minimum absolute atomic E-state index is 0.0292. The van der Waals surface area contributed by atoms with Gasteiger partial charge < -0.3 is 15.4 Å². The Morgan fingerprint density at radius 2 is 2.18 bits per heavy atom. The fourth-order valence-corrected chi connectivity index (χ4v) is 2.00. The van der Waals surface area contributed by atoms with Crippen molar-refractivity contribution in [2.45, 2.75) is 26.7 Å². The van der Waals surface area contributed by atoms with Crippen molar-refractivity contribution in [1.82, 2.24) is 4.90 Å². The maximum Gasteiger partial charge on any atom is 0.246 e. The van der Waals surface area contributed by atoms with Crippen LogP contribution in [0.2, 0.25) is 0 Å². The molecule has 1 aromatic rings. The Balaban J connectivity index is 2.70. The number of anilines is 1. The van der Waals surface area contributed by atoms with Gasteiger partial charge in [0.25, 0.3) is 0 Å². The zero-order valence-corrected chi connectivity index (χ0v) is 13.5. The number of ether oxygens (including phenoxy) is 1. The molecule has 2 N–H and O–H groups in total. The summed E-state index contributed by atoms with van der Waals surface area (Å²) in [5.41, 5.74) is 7.36. The molecule has 0 aliphatic rings. The number of benzene rings is 1. The molecular formula is C18H26N2O2. The lowest BCUT2D eigenvalue weighted by molar-refractivity contribution is -0.125. The quantitative estimate of drug-likeness (QED) is 0.431. The second kappa shape index (κ2) is 9.66. The van der Waals surface area contributed by atoms with Crippen LogP contribution in [0.5, 0.6) is 5.75 Å². The average Bonchev–Trinajstić information content (AvgIpc) is 2.52. The van der Waals surface area contributed by atoms with Crippen LogP contribution in [0.4, 0.5) is 5.69 Å². The molecular weight excluding hydrogens is 276 g/mol. The van der Waals surface area contributed by atoms with E-state index in [4.69, 9.17) is 10.5 Å². The number of hydrogen-bond donors (Lipinski definition) is 1. The highest BCUT2D eigenvalue weighted by Crippen LogP contribution is 2.23. The maximum atomic E-state index is 12.1. The Hall–Kier alpha value is -2.23. The number of nitrogens with zero attached hydrogens (tertiary/aromatic N) is 1. The highest BCUT2D eigenvalue weighted by molar-refractivity contribution is 5.92. The van der Waals surface area contributed by atoms with E-state index in [0.717, 1.165) is 31.5 Å². The van der Waals surface area contributed by atoms with Gasteiger partial charge in [0.05, 0.1) is 5.69 Å². The van der Waals surface area contributed by atoms with E-state index < -0.39 is 0 Å². The number of unbranched alkanes of at least 4 members (excludes halogenated alkanes) is 1. The molecule has 0 unspecified atom stereocenters. The molecule has 0 spiro atoms. The molecule has 0 atom stereocenters. The van der Waals surface area contributed by atoms with Crippen molar-refractivity contribution >= 4 is 17.7 Å². The summed E-state index contributed by atoms with van der Waals surface area (Å²) in [5, 5.41) is 0. The summed E-state index contributed by atoms with van der Waals surface area (Å²) < 4.78 is 5.42. The highest BCUT2D eigenvalue weighted by Gasteiger charge is 2.07. The molecule has 0 saturated carbocycles. The number of likely N-dealkylation sites (N-methyl/N-ethyl adjacent to an activating group) is 1. The monoisotopic (exact) mass is 302 g/mol. The van der Waals surface area contributed by atoms with E-state index in [9.17, 15) is 4.79 Å². The van der Waals surface area contributed by atoms with Gasteiger partial charge in [-0.05, 0) is 37.1 Å². The molecule has 0 aliphatic carbocycles. The second-order valence-corrected chi connectivity index (χ2v) is 5.00. The van der Waals surface area contributed by atoms with Crippen LogP contribution in [0.25, 0.3) is 6.08 Å². The molecule has 0 heterocycles. The molecule has 1 amide bonds. The van der Waals surface area contributed by atoms with Crippen molar-refractivity contribution in [2.75, 3.05) is 25.4 Å². The smallest absolute Gasteiger partial charge is 0.246 e. The van der Waals surface area contributed by atoms with Crippen LogP contribution in [-0.2, 0) is 4.79 Å². The van der Waals surface area contributed by atoms with E-state index >= 15 is 0 Å². The molecule has 22 heavy (non-hydrogen) atoms. The largest absolute Gasteiger partial charge is 0.487 e. The first-order chi connectivity index (χ1) is 10.6. The Labute approximate surface area is 133 Å². The van der Waals surface area contributed by atoms with Gasteiger partial charge in [0, 0.05) is 19.2 Å². The lowest BCUT2D eigenvalue weighted by Crippen LogP contribution is -2.30. The molecule has 4 heteroatoms. The van der Waals surface area contributed by atoms with Gasteiger partial charge in [-0.2, -0.15) is 0 Å². The first-order valence-corrected chi connectivity index (χ1v) is 7.72. The van der Waals surface area contributed by atoms with E-state index in [0.29, 0.717) is 18.0 Å². The fourth-order valence-electron chi connectivity index (χ4n) is 2.00. The lowest BCUT2D eigenvalue weighted by atomic mass is 10.1. The van der Waals surface area contributed by atoms with Crippen LogP contribution in [-0.4, -0.2) is 30.5 Å². The number of nitrogens with two attached hydrogens (primary N) is 1. The van der Waals surface area contributed by atoms with Crippen molar-refractivity contribution < 1.29 is 9.53 Å². The zero-order valence-electron chi connectivity index (χ0n) is 13.5. The van der Waals surface area contributed by atoms with E-state index in [-0.39, 0.29) is 5.91 Å². The summed E-state index contributed by atoms with van der Waals surface area (Å²) in [7, 11) is 0.